The van der Waals surface area contributed by atoms with E-state index in [1.807, 2.05) is 12.1 Å². The highest BCUT2D eigenvalue weighted by atomic mass is 16.1. The molecule has 1 aliphatic carbocycles. The van der Waals surface area contributed by atoms with E-state index in [1.54, 1.807) is 12.1 Å². The molecule has 1 amide bonds. The highest BCUT2D eigenvalue weighted by Crippen LogP contribution is 2.21. The Morgan fingerprint density at radius 2 is 1.94 bits per heavy atom. The summed E-state index contributed by atoms with van der Waals surface area (Å²) in [5.74, 6) is -0.390. The number of primary amides is 1. The average molecular weight is 233 g/mol. The Balaban J connectivity index is 1.98. The van der Waals surface area contributed by atoms with Gasteiger partial charge in [0.2, 0.25) is 5.91 Å². The summed E-state index contributed by atoms with van der Waals surface area (Å²) in [4.78, 5) is 11.1. The highest BCUT2D eigenvalue weighted by Gasteiger charge is 2.18. The lowest BCUT2D eigenvalue weighted by Crippen LogP contribution is -2.32. The molecule has 1 aromatic rings. The largest absolute Gasteiger partial charge is 0.382 e. The minimum atomic E-state index is -0.390. The van der Waals surface area contributed by atoms with E-state index < -0.39 is 0 Å². The molecule has 2 rings (SSSR count). The van der Waals surface area contributed by atoms with Gasteiger partial charge in [-0.2, -0.15) is 0 Å². The Labute approximate surface area is 101 Å². The van der Waals surface area contributed by atoms with Gasteiger partial charge in [0.1, 0.15) is 0 Å². The minimum absolute atomic E-state index is 0.352. The van der Waals surface area contributed by atoms with Crippen molar-refractivity contribution in [3.8, 4) is 0 Å². The second-order valence-electron chi connectivity index (χ2n) is 4.70. The third-order valence-corrected chi connectivity index (χ3v) is 3.29. The van der Waals surface area contributed by atoms with Crippen molar-refractivity contribution in [2.24, 2.45) is 11.5 Å². The van der Waals surface area contributed by atoms with E-state index in [-0.39, 0.29) is 5.91 Å². The summed E-state index contributed by atoms with van der Waals surface area (Å²) in [6, 6.07) is 8.14. The van der Waals surface area contributed by atoms with Gasteiger partial charge in [0.05, 0.1) is 0 Å². The molecule has 1 saturated carbocycles. The number of hydrogen-bond donors (Lipinski definition) is 3. The van der Waals surface area contributed by atoms with E-state index in [9.17, 15) is 4.79 Å². The zero-order valence-corrected chi connectivity index (χ0v) is 9.86. The van der Waals surface area contributed by atoms with E-state index >= 15 is 0 Å². The van der Waals surface area contributed by atoms with Gasteiger partial charge in [-0.15, -0.1) is 0 Å². The van der Waals surface area contributed by atoms with Crippen LogP contribution >= 0.6 is 0 Å². The van der Waals surface area contributed by atoms with Crippen LogP contribution in [0, 0.1) is 0 Å². The first kappa shape index (κ1) is 11.9. The topological polar surface area (TPSA) is 81.1 Å². The summed E-state index contributed by atoms with van der Waals surface area (Å²) in [6.45, 7) is 0. The zero-order valence-electron chi connectivity index (χ0n) is 9.86. The number of anilines is 1. The van der Waals surface area contributed by atoms with Crippen molar-refractivity contribution in [1.82, 2.24) is 0 Å². The molecule has 92 valence electrons. The van der Waals surface area contributed by atoms with Gasteiger partial charge in [-0.05, 0) is 43.9 Å². The van der Waals surface area contributed by atoms with Gasteiger partial charge in [0.25, 0.3) is 0 Å². The van der Waals surface area contributed by atoms with Crippen LogP contribution in [-0.4, -0.2) is 18.0 Å². The smallest absolute Gasteiger partial charge is 0.248 e. The normalized spacial score (nSPS) is 24.3. The number of amides is 1. The van der Waals surface area contributed by atoms with Crippen LogP contribution in [0.4, 0.5) is 5.69 Å². The first-order chi connectivity index (χ1) is 8.15. The third kappa shape index (κ3) is 3.20. The molecular weight excluding hydrogens is 214 g/mol. The monoisotopic (exact) mass is 233 g/mol. The number of carbonyl (C=O) groups is 1. The molecule has 4 nitrogen and oxygen atoms in total. The van der Waals surface area contributed by atoms with Crippen molar-refractivity contribution < 1.29 is 4.79 Å². The van der Waals surface area contributed by atoms with Crippen LogP contribution in [0.1, 0.15) is 36.0 Å². The predicted molar refractivity (Wildman–Crippen MR) is 68.8 cm³/mol. The molecular formula is C13H19N3O. The number of nitrogens with one attached hydrogen (secondary N) is 1. The van der Waals surface area contributed by atoms with Crippen molar-refractivity contribution >= 4 is 11.6 Å². The van der Waals surface area contributed by atoms with Crippen molar-refractivity contribution in [3.05, 3.63) is 29.8 Å². The van der Waals surface area contributed by atoms with Crippen molar-refractivity contribution in [1.29, 1.82) is 0 Å². The summed E-state index contributed by atoms with van der Waals surface area (Å²) >= 11 is 0. The molecule has 0 saturated heterocycles. The van der Waals surface area contributed by atoms with Crippen LogP contribution in [0.5, 0.6) is 0 Å². The molecule has 1 aliphatic rings. The van der Waals surface area contributed by atoms with Crippen molar-refractivity contribution in [2.75, 3.05) is 5.32 Å². The zero-order chi connectivity index (χ0) is 12.3. The Bertz CT molecular complexity index is 397. The second-order valence-corrected chi connectivity index (χ2v) is 4.70. The lowest BCUT2D eigenvalue weighted by molar-refractivity contribution is 0.100. The summed E-state index contributed by atoms with van der Waals surface area (Å²) in [6.07, 6.45) is 4.30. The highest BCUT2D eigenvalue weighted by molar-refractivity contribution is 5.93. The average Bonchev–Trinajstić information content (AvgIpc) is 2.32. The number of nitrogens with two attached hydrogens (primary N) is 2. The standard InChI is InChI=1S/C13H19N3O/c14-10-4-6-11(7-5-10)16-12-3-1-2-9(8-12)13(15)17/h1-3,8,10-11,16H,4-7,14H2,(H2,15,17). The lowest BCUT2D eigenvalue weighted by Gasteiger charge is -2.27. The van der Waals surface area contributed by atoms with E-state index in [0.29, 0.717) is 17.6 Å². The summed E-state index contributed by atoms with van der Waals surface area (Å²) < 4.78 is 0. The second kappa shape index (κ2) is 5.19. The van der Waals surface area contributed by atoms with Crippen LogP contribution in [0.25, 0.3) is 0 Å². The molecule has 4 heteroatoms. The fourth-order valence-electron chi connectivity index (χ4n) is 2.26. The molecule has 0 radical (unpaired) electrons. The van der Waals surface area contributed by atoms with Crippen LogP contribution < -0.4 is 16.8 Å². The van der Waals surface area contributed by atoms with Crippen LogP contribution in [0.2, 0.25) is 0 Å². The van der Waals surface area contributed by atoms with Crippen molar-refractivity contribution in [2.45, 2.75) is 37.8 Å². The summed E-state index contributed by atoms with van der Waals surface area (Å²) in [5, 5.41) is 3.43. The van der Waals surface area contributed by atoms with Crippen molar-refractivity contribution in [3.63, 3.8) is 0 Å². The quantitative estimate of drug-likeness (QED) is 0.739. The molecule has 0 atom stereocenters. The number of benzene rings is 1. The predicted octanol–water partition coefficient (Wildman–Crippen LogP) is 1.47. The molecule has 1 aromatic carbocycles. The fourth-order valence-corrected chi connectivity index (χ4v) is 2.26. The molecule has 17 heavy (non-hydrogen) atoms. The molecule has 0 heterocycles. The van der Waals surface area contributed by atoms with Gasteiger partial charge >= 0.3 is 0 Å². The van der Waals surface area contributed by atoms with Gasteiger partial charge in [-0.1, -0.05) is 6.07 Å². The molecule has 1 fully saturated rings. The summed E-state index contributed by atoms with van der Waals surface area (Å²) in [5.41, 5.74) is 12.6. The molecule has 0 spiro atoms. The Morgan fingerprint density at radius 3 is 2.59 bits per heavy atom. The van der Waals surface area contributed by atoms with Crippen LogP contribution in [-0.2, 0) is 0 Å². The number of rotatable bonds is 3. The molecule has 0 aliphatic heterocycles. The Morgan fingerprint density at radius 1 is 1.24 bits per heavy atom. The molecule has 0 aromatic heterocycles. The SMILES string of the molecule is NC(=O)c1cccc(NC2CCC(N)CC2)c1. The fraction of sp³-hybridized carbons (Fsp3) is 0.462. The molecule has 0 unspecified atom stereocenters. The van der Waals surface area contributed by atoms with E-state index in [4.69, 9.17) is 11.5 Å². The maximum atomic E-state index is 11.1. The van der Waals surface area contributed by atoms with Gasteiger partial charge < -0.3 is 16.8 Å². The number of hydrogen-bond acceptors (Lipinski definition) is 3. The Kier molecular flexibility index (Phi) is 3.64. The minimum Gasteiger partial charge on any atom is -0.382 e. The van der Waals surface area contributed by atoms with Gasteiger partial charge in [-0.3, -0.25) is 4.79 Å². The lowest BCUT2D eigenvalue weighted by atomic mass is 9.91. The van der Waals surface area contributed by atoms with Crippen LogP contribution in [0.15, 0.2) is 24.3 Å². The molecule has 0 bridgehead atoms. The van der Waals surface area contributed by atoms with E-state index in [0.717, 1.165) is 31.4 Å². The first-order valence-electron chi connectivity index (χ1n) is 6.07. The van der Waals surface area contributed by atoms with E-state index in [2.05, 4.69) is 5.32 Å². The van der Waals surface area contributed by atoms with Crippen LogP contribution in [0.3, 0.4) is 0 Å². The maximum absolute atomic E-state index is 11.1. The van der Waals surface area contributed by atoms with E-state index in [1.165, 1.54) is 0 Å². The Hall–Kier alpha value is -1.55. The third-order valence-electron chi connectivity index (χ3n) is 3.29. The van der Waals surface area contributed by atoms with Gasteiger partial charge in [0.15, 0.2) is 0 Å². The summed E-state index contributed by atoms with van der Waals surface area (Å²) in [7, 11) is 0. The maximum Gasteiger partial charge on any atom is 0.248 e. The molecule has 5 N–H and O–H groups in total. The van der Waals surface area contributed by atoms with Gasteiger partial charge in [0, 0.05) is 23.3 Å². The number of carbonyl (C=O) groups excluding carboxylic acids is 1. The first-order valence-corrected chi connectivity index (χ1v) is 6.07. The van der Waals surface area contributed by atoms with Gasteiger partial charge in [-0.25, -0.2) is 0 Å².